The molecule has 22 heavy (non-hydrogen) atoms. The van der Waals surface area contributed by atoms with E-state index in [1.165, 1.54) is 6.08 Å². The minimum atomic E-state index is -0.516. The normalized spacial score (nSPS) is 10.4. The first kappa shape index (κ1) is 16.3. The van der Waals surface area contributed by atoms with Crippen LogP contribution >= 0.6 is 27.3 Å². The van der Waals surface area contributed by atoms with E-state index >= 15 is 0 Å². The highest BCUT2D eigenvalue weighted by Gasteiger charge is 2.15. The summed E-state index contributed by atoms with van der Waals surface area (Å²) in [6, 6.07) is 7.05. The molecule has 1 aromatic carbocycles. The van der Waals surface area contributed by atoms with Gasteiger partial charge in [0.25, 0.3) is 0 Å². The van der Waals surface area contributed by atoms with Gasteiger partial charge in [-0.25, -0.2) is 4.79 Å². The van der Waals surface area contributed by atoms with Crippen LogP contribution in [0, 0.1) is 11.3 Å². The van der Waals surface area contributed by atoms with Crippen LogP contribution in [0.25, 0.3) is 6.08 Å². The lowest BCUT2D eigenvalue weighted by molar-refractivity contribution is -0.129. The minimum Gasteiger partial charge on any atom is -0.490 e. The van der Waals surface area contributed by atoms with Gasteiger partial charge in [0.15, 0.2) is 11.5 Å². The quantitative estimate of drug-likeness (QED) is 0.440. The average Bonchev–Trinajstić information content (AvgIpc) is 3.02. The summed E-state index contributed by atoms with van der Waals surface area (Å²) in [5, 5.41) is 12.8. The summed E-state index contributed by atoms with van der Waals surface area (Å²) in [5.74, 6) is 0.101. The zero-order chi connectivity index (χ0) is 15.9. The van der Waals surface area contributed by atoms with Gasteiger partial charge in [0.1, 0.15) is 0 Å². The van der Waals surface area contributed by atoms with Crippen LogP contribution < -0.4 is 9.47 Å². The van der Waals surface area contributed by atoms with Gasteiger partial charge in [0, 0.05) is 12.1 Å². The number of hydrogen-bond donors (Lipinski definition) is 0. The van der Waals surface area contributed by atoms with Crippen molar-refractivity contribution in [2.75, 3.05) is 6.61 Å². The first-order valence-corrected chi connectivity index (χ1v) is 8.16. The second-order valence-corrected chi connectivity index (χ2v) is 5.78. The van der Waals surface area contributed by atoms with Crippen molar-refractivity contribution < 1.29 is 14.3 Å². The maximum atomic E-state index is 11.9. The number of rotatable bonds is 5. The van der Waals surface area contributed by atoms with Crippen LogP contribution in [0.15, 0.2) is 39.5 Å². The molecule has 0 fully saturated rings. The number of benzene rings is 1. The van der Waals surface area contributed by atoms with Crippen molar-refractivity contribution >= 4 is 39.3 Å². The maximum Gasteiger partial charge on any atom is 0.336 e. The van der Waals surface area contributed by atoms with Crippen LogP contribution in [0.4, 0.5) is 0 Å². The fourth-order valence-electron chi connectivity index (χ4n) is 1.66. The molecular formula is C16H12BrNO3S. The topological polar surface area (TPSA) is 59.3 Å². The van der Waals surface area contributed by atoms with E-state index in [-0.39, 0.29) is 5.75 Å². The summed E-state index contributed by atoms with van der Waals surface area (Å²) in [4.78, 5) is 11.9. The highest BCUT2D eigenvalue weighted by Crippen LogP contribution is 2.37. The van der Waals surface area contributed by atoms with Crippen molar-refractivity contribution in [2.24, 2.45) is 0 Å². The van der Waals surface area contributed by atoms with Crippen molar-refractivity contribution in [1.29, 1.82) is 5.26 Å². The van der Waals surface area contributed by atoms with Gasteiger partial charge in [-0.05, 0) is 57.4 Å². The van der Waals surface area contributed by atoms with E-state index in [1.807, 2.05) is 29.8 Å². The highest BCUT2D eigenvalue weighted by atomic mass is 79.9. The number of carbonyl (C=O) groups is 1. The van der Waals surface area contributed by atoms with Gasteiger partial charge in [-0.1, -0.05) is 0 Å². The molecule has 0 N–H and O–H groups in total. The molecule has 2 aromatic rings. The Kier molecular flexibility index (Phi) is 5.75. The lowest BCUT2D eigenvalue weighted by Gasteiger charge is -2.11. The predicted octanol–water partition coefficient (Wildman–Crippen LogP) is 4.40. The number of thiophene rings is 1. The molecule has 1 aromatic heterocycles. The van der Waals surface area contributed by atoms with E-state index in [4.69, 9.17) is 14.7 Å². The van der Waals surface area contributed by atoms with Gasteiger partial charge in [-0.2, -0.15) is 16.6 Å². The standard InChI is InChI=1S/C16H12BrNO3S/c1-2-20-14-8-12(9-18)7-13(17)16(14)21-15(19)4-3-11-5-6-22-10-11/h3-8,10H,2H2,1H3/b4-3+. The molecule has 0 aliphatic rings. The van der Waals surface area contributed by atoms with E-state index in [2.05, 4.69) is 15.9 Å². The van der Waals surface area contributed by atoms with E-state index in [1.54, 1.807) is 29.5 Å². The fraction of sp³-hybridized carbons (Fsp3) is 0.125. The molecular weight excluding hydrogens is 366 g/mol. The second kappa shape index (κ2) is 7.78. The highest BCUT2D eigenvalue weighted by molar-refractivity contribution is 9.10. The van der Waals surface area contributed by atoms with Crippen LogP contribution in [-0.4, -0.2) is 12.6 Å². The van der Waals surface area contributed by atoms with Crippen molar-refractivity contribution in [3.05, 3.63) is 50.6 Å². The average molecular weight is 378 g/mol. The Morgan fingerprint density at radius 3 is 2.95 bits per heavy atom. The van der Waals surface area contributed by atoms with E-state index in [0.29, 0.717) is 22.4 Å². The number of halogens is 1. The lowest BCUT2D eigenvalue weighted by Crippen LogP contribution is -2.06. The number of ether oxygens (including phenoxy) is 2. The van der Waals surface area contributed by atoms with E-state index in [0.717, 1.165) is 5.56 Å². The number of nitriles is 1. The lowest BCUT2D eigenvalue weighted by atomic mass is 10.2. The van der Waals surface area contributed by atoms with Crippen molar-refractivity contribution in [3.8, 4) is 17.6 Å². The largest absolute Gasteiger partial charge is 0.490 e. The Morgan fingerprint density at radius 1 is 1.50 bits per heavy atom. The molecule has 0 unspecified atom stereocenters. The number of nitrogens with zero attached hydrogens (tertiary/aromatic N) is 1. The molecule has 0 spiro atoms. The summed E-state index contributed by atoms with van der Waals surface area (Å²) in [5.41, 5.74) is 1.36. The molecule has 4 nitrogen and oxygen atoms in total. The molecule has 0 atom stereocenters. The summed E-state index contributed by atoms with van der Waals surface area (Å²) < 4.78 is 11.2. The zero-order valence-electron chi connectivity index (χ0n) is 11.7. The van der Waals surface area contributed by atoms with E-state index < -0.39 is 5.97 Å². The zero-order valence-corrected chi connectivity index (χ0v) is 14.1. The molecule has 0 aliphatic heterocycles. The Balaban J connectivity index is 2.21. The molecule has 0 amide bonds. The van der Waals surface area contributed by atoms with Gasteiger partial charge in [-0.15, -0.1) is 0 Å². The minimum absolute atomic E-state index is 0.265. The van der Waals surface area contributed by atoms with Gasteiger partial charge in [0.05, 0.1) is 22.7 Å². The third-order valence-corrected chi connectivity index (χ3v) is 3.89. The molecule has 2 rings (SSSR count). The van der Waals surface area contributed by atoms with Gasteiger partial charge < -0.3 is 9.47 Å². The fourth-order valence-corrected chi connectivity index (χ4v) is 2.81. The molecule has 112 valence electrons. The van der Waals surface area contributed by atoms with Crippen LogP contribution in [0.5, 0.6) is 11.5 Å². The second-order valence-electron chi connectivity index (χ2n) is 4.14. The summed E-state index contributed by atoms with van der Waals surface area (Å²) in [7, 11) is 0. The smallest absolute Gasteiger partial charge is 0.336 e. The monoisotopic (exact) mass is 377 g/mol. The molecule has 0 radical (unpaired) electrons. The third-order valence-electron chi connectivity index (χ3n) is 2.60. The molecule has 1 heterocycles. The molecule has 0 saturated carbocycles. The maximum absolute atomic E-state index is 11.9. The van der Waals surface area contributed by atoms with Crippen LogP contribution in [-0.2, 0) is 4.79 Å². The molecule has 0 bridgehead atoms. The first-order valence-electron chi connectivity index (χ1n) is 6.42. The van der Waals surface area contributed by atoms with Crippen molar-refractivity contribution in [1.82, 2.24) is 0 Å². The first-order chi connectivity index (χ1) is 10.6. The molecule has 0 saturated heterocycles. The SMILES string of the molecule is CCOc1cc(C#N)cc(Br)c1OC(=O)/C=C/c1ccsc1. The number of esters is 1. The van der Waals surface area contributed by atoms with Crippen molar-refractivity contribution in [2.45, 2.75) is 6.92 Å². The van der Waals surface area contributed by atoms with Crippen LogP contribution in [0.3, 0.4) is 0 Å². The Labute approximate surface area is 140 Å². The molecule has 0 aliphatic carbocycles. The summed E-state index contributed by atoms with van der Waals surface area (Å²) >= 11 is 4.85. The van der Waals surface area contributed by atoms with Crippen LogP contribution in [0.2, 0.25) is 0 Å². The van der Waals surface area contributed by atoms with Gasteiger partial charge in [-0.3, -0.25) is 0 Å². The van der Waals surface area contributed by atoms with Crippen molar-refractivity contribution in [3.63, 3.8) is 0 Å². The predicted molar refractivity (Wildman–Crippen MR) is 89.0 cm³/mol. The third kappa shape index (κ3) is 4.20. The number of hydrogen-bond acceptors (Lipinski definition) is 5. The van der Waals surface area contributed by atoms with Gasteiger partial charge in [0.2, 0.25) is 0 Å². The Bertz CT molecular complexity index is 733. The summed E-state index contributed by atoms with van der Waals surface area (Å²) in [6.45, 7) is 2.21. The molecule has 6 heteroatoms. The summed E-state index contributed by atoms with van der Waals surface area (Å²) in [6.07, 6.45) is 3.03. The Morgan fingerprint density at radius 2 is 2.32 bits per heavy atom. The van der Waals surface area contributed by atoms with E-state index in [9.17, 15) is 4.79 Å². The van der Waals surface area contributed by atoms with Gasteiger partial charge >= 0.3 is 5.97 Å². The Hall–Kier alpha value is -2.10. The van der Waals surface area contributed by atoms with Crippen LogP contribution in [0.1, 0.15) is 18.1 Å². The number of carbonyl (C=O) groups excluding carboxylic acids is 1.